The van der Waals surface area contributed by atoms with E-state index in [9.17, 15) is 4.79 Å². The minimum absolute atomic E-state index is 0.0889. The quantitative estimate of drug-likeness (QED) is 0.864. The van der Waals surface area contributed by atoms with Crippen LogP contribution in [0.1, 0.15) is 5.56 Å². The molecule has 0 spiro atoms. The van der Waals surface area contributed by atoms with Crippen molar-refractivity contribution < 1.29 is 19.0 Å². The second-order valence-corrected chi connectivity index (χ2v) is 6.50. The maximum absolute atomic E-state index is 12.1. The molecule has 26 heavy (non-hydrogen) atoms. The Kier molecular flexibility index (Phi) is 5.15. The van der Waals surface area contributed by atoms with E-state index in [1.807, 2.05) is 48.5 Å². The number of rotatable bonds is 5. The number of nitrogens with one attached hydrogen (secondary N) is 2. The van der Waals surface area contributed by atoms with E-state index in [0.29, 0.717) is 18.9 Å². The van der Waals surface area contributed by atoms with Gasteiger partial charge in [0.05, 0.1) is 19.3 Å². The number of carbonyl (C=O) groups is 1. The topological polar surface area (TPSA) is 68.8 Å². The summed E-state index contributed by atoms with van der Waals surface area (Å²) in [4.78, 5) is 12.1. The van der Waals surface area contributed by atoms with Crippen molar-refractivity contribution in [1.29, 1.82) is 0 Å². The molecule has 0 bridgehead atoms. The highest BCUT2D eigenvalue weighted by Crippen LogP contribution is 2.29. The molecular formula is C20H22N2O4. The number of carbonyl (C=O) groups excluding carboxylic acids is 1. The van der Waals surface area contributed by atoms with Crippen molar-refractivity contribution in [3.05, 3.63) is 66.2 Å². The lowest BCUT2D eigenvalue weighted by molar-refractivity contribution is 0.00854. The normalized spacial score (nSPS) is 27.1. The van der Waals surface area contributed by atoms with Crippen molar-refractivity contribution in [3.63, 3.8) is 0 Å². The lowest BCUT2D eigenvalue weighted by Crippen LogP contribution is -2.41. The number of fused-ring (bicyclic) bond motifs is 1. The van der Waals surface area contributed by atoms with E-state index in [1.54, 1.807) is 0 Å². The third-order valence-corrected chi connectivity index (χ3v) is 4.70. The molecule has 1 amide bonds. The van der Waals surface area contributed by atoms with Crippen LogP contribution >= 0.6 is 0 Å². The minimum atomic E-state index is -0.491. The molecule has 2 aliphatic heterocycles. The summed E-state index contributed by atoms with van der Waals surface area (Å²) in [6.45, 7) is 1.64. The molecule has 0 aromatic heterocycles. The van der Waals surface area contributed by atoms with Crippen molar-refractivity contribution in [1.82, 2.24) is 5.32 Å². The van der Waals surface area contributed by atoms with Crippen LogP contribution in [0, 0.1) is 0 Å². The highest BCUT2D eigenvalue weighted by Gasteiger charge is 2.49. The highest BCUT2D eigenvalue weighted by atomic mass is 16.6. The number of amides is 1. The highest BCUT2D eigenvalue weighted by molar-refractivity contribution is 5.84. The smallest absolute Gasteiger partial charge is 0.412 e. The molecule has 2 fully saturated rings. The molecule has 136 valence electrons. The zero-order chi connectivity index (χ0) is 17.8. The fourth-order valence-electron chi connectivity index (χ4n) is 3.39. The van der Waals surface area contributed by atoms with Crippen LogP contribution < -0.4 is 10.6 Å². The van der Waals surface area contributed by atoms with Crippen LogP contribution in [0.25, 0.3) is 0 Å². The van der Waals surface area contributed by atoms with E-state index in [1.165, 1.54) is 5.56 Å². The number of benzene rings is 2. The Hall–Kier alpha value is -2.41. The van der Waals surface area contributed by atoms with Crippen LogP contribution in [0.2, 0.25) is 0 Å². The van der Waals surface area contributed by atoms with Crippen molar-refractivity contribution in [2.45, 2.75) is 30.9 Å². The number of anilines is 1. The molecule has 2 N–H and O–H groups in total. The number of ether oxygens (including phenoxy) is 3. The lowest BCUT2D eigenvalue weighted by Gasteiger charge is -2.18. The van der Waals surface area contributed by atoms with Crippen LogP contribution in [0.15, 0.2) is 60.7 Å². The van der Waals surface area contributed by atoms with Gasteiger partial charge in [0.15, 0.2) is 6.10 Å². The molecule has 2 aromatic rings. The first-order chi connectivity index (χ1) is 12.8. The molecule has 0 saturated carbocycles. The second-order valence-electron chi connectivity index (χ2n) is 6.50. The number of hydrogen-bond acceptors (Lipinski definition) is 5. The molecule has 4 unspecified atom stereocenters. The van der Waals surface area contributed by atoms with E-state index < -0.39 is 12.2 Å². The van der Waals surface area contributed by atoms with Gasteiger partial charge in [-0.15, -0.1) is 0 Å². The molecule has 2 aromatic carbocycles. The second kappa shape index (κ2) is 7.86. The summed E-state index contributed by atoms with van der Waals surface area (Å²) in [5.41, 5.74) is 1.91. The number of para-hydroxylation sites is 1. The average molecular weight is 354 g/mol. The van der Waals surface area contributed by atoms with Crippen LogP contribution in [-0.4, -0.2) is 43.7 Å². The van der Waals surface area contributed by atoms with E-state index in [2.05, 4.69) is 22.8 Å². The fourth-order valence-corrected chi connectivity index (χ4v) is 3.39. The molecule has 4 rings (SSSR count). The fraction of sp³-hybridized carbons (Fsp3) is 0.350. The molecule has 2 heterocycles. The van der Waals surface area contributed by atoms with Gasteiger partial charge in [0.25, 0.3) is 0 Å². The molecule has 4 atom stereocenters. The Bertz CT molecular complexity index is 725. The largest absolute Gasteiger partial charge is 0.441 e. The van der Waals surface area contributed by atoms with Crippen LogP contribution in [0.5, 0.6) is 0 Å². The zero-order valence-corrected chi connectivity index (χ0v) is 14.3. The standard InChI is InChI=1S/C20H22N2O4/c23-20(22-15-9-5-2-6-10-15)26-17-13-25-18-16(12-24-19(17)18)21-11-14-7-3-1-4-8-14/h1-10,16-19,21H,11-13H2,(H,22,23). The Morgan fingerprint density at radius 3 is 2.42 bits per heavy atom. The van der Waals surface area contributed by atoms with Gasteiger partial charge in [-0.05, 0) is 17.7 Å². The SMILES string of the molecule is O=C(Nc1ccccc1)OC1COC2C(NCc3ccccc3)COC12. The van der Waals surface area contributed by atoms with Gasteiger partial charge in [0.1, 0.15) is 12.2 Å². The van der Waals surface area contributed by atoms with E-state index in [4.69, 9.17) is 14.2 Å². The minimum Gasteiger partial charge on any atom is -0.441 e. The molecule has 0 aliphatic carbocycles. The Morgan fingerprint density at radius 2 is 1.65 bits per heavy atom. The third kappa shape index (κ3) is 3.88. The molecule has 2 aliphatic rings. The third-order valence-electron chi connectivity index (χ3n) is 4.70. The lowest BCUT2D eigenvalue weighted by atomic mass is 10.1. The first kappa shape index (κ1) is 17.0. The Labute approximate surface area is 152 Å². The van der Waals surface area contributed by atoms with Crippen molar-refractivity contribution in [3.8, 4) is 0 Å². The summed E-state index contributed by atoms with van der Waals surface area (Å²) in [5.74, 6) is 0. The van der Waals surface area contributed by atoms with E-state index >= 15 is 0 Å². The monoisotopic (exact) mass is 354 g/mol. The van der Waals surface area contributed by atoms with Gasteiger partial charge < -0.3 is 19.5 Å². The first-order valence-electron chi connectivity index (χ1n) is 8.83. The van der Waals surface area contributed by atoms with Gasteiger partial charge in [-0.2, -0.15) is 0 Å². The molecule has 2 saturated heterocycles. The van der Waals surface area contributed by atoms with Crippen LogP contribution in [-0.2, 0) is 20.8 Å². The summed E-state index contributed by atoms with van der Waals surface area (Å²) in [6, 6.07) is 19.5. The van der Waals surface area contributed by atoms with Gasteiger partial charge in [-0.3, -0.25) is 5.32 Å². The van der Waals surface area contributed by atoms with Gasteiger partial charge in [-0.25, -0.2) is 4.79 Å². The molecule has 6 heteroatoms. The first-order valence-corrected chi connectivity index (χ1v) is 8.83. The average Bonchev–Trinajstić information content (AvgIpc) is 3.25. The summed E-state index contributed by atoms with van der Waals surface area (Å²) in [6.07, 6.45) is -1.22. The predicted molar refractivity (Wildman–Crippen MR) is 96.9 cm³/mol. The molecule has 0 radical (unpaired) electrons. The predicted octanol–water partition coefficient (Wildman–Crippen LogP) is 2.56. The van der Waals surface area contributed by atoms with Gasteiger partial charge in [0, 0.05) is 12.2 Å². The summed E-state index contributed by atoms with van der Waals surface area (Å²) < 4.78 is 17.2. The summed E-state index contributed by atoms with van der Waals surface area (Å²) in [7, 11) is 0. The Morgan fingerprint density at radius 1 is 0.962 bits per heavy atom. The van der Waals surface area contributed by atoms with E-state index in [-0.39, 0.29) is 18.2 Å². The zero-order valence-electron chi connectivity index (χ0n) is 14.3. The maximum atomic E-state index is 12.1. The summed E-state index contributed by atoms with van der Waals surface area (Å²) in [5, 5.41) is 6.20. The maximum Gasteiger partial charge on any atom is 0.412 e. The van der Waals surface area contributed by atoms with E-state index in [0.717, 1.165) is 6.54 Å². The molecule has 6 nitrogen and oxygen atoms in total. The van der Waals surface area contributed by atoms with Crippen molar-refractivity contribution in [2.75, 3.05) is 18.5 Å². The van der Waals surface area contributed by atoms with Gasteiger partial charge >= 0.3 is 6.09 Å². The van der Waals surface area contributed by atoms with Crippen LogP contribution in [0.4, 0.5) is 10.5 Å². The van der Waals surface area contributed by atoms with Crippen molar-refractivity contribution >= 4 is 11.8 Å². The van der Waals surface area contributed by atoms with Crippen molar-refractivity contribution in [2.24, 2.45) is 0 Å². The summed E-state index contributed by atoms with van der Waals surface area (Å²) >= 11 is 0. The number of hydrogen-bond donors (Lipinski definition) is 2. The Balaban J connectivity index is 1.28. The van der Waals surface area contributed by atoms with Gasteiger partial charge in [-0.1, -0.05) is 48.5 Å². The van der Waals surface area contributed by atoms with Gasteiger partial charge in [0.2, 0.25) is 0 Å². The molecular weight excluding hydrogens is 332 g/mol. The van der Waals surface area contributed by atoms with Crippen LogP contribution in [0.3, 0.4) is 0 Å².